The number of hydrogen-bond acceptors (Lipinski definition) is 13. The number of allylic oxidation sites excluding steroid dienone is 5. The van der Waals surface area contributed by atoms with Crippen LogP contribution in [0.3, 0.4) is 0 Å². The molecular weight excluding hydrogens is 835 g/mol. The topological polar surface area (TPSA) is 202 Å². The molecule has 5 N–H and O–H groups in total. The molecule has 2 saturated heterocycles. The van der Waals surface area contributed by atoms with E-state index in [1.54, 1.807) is 34.1 Å². The molecule has 2 unspecified atom stereocenters. The van der Waals surface area contributed by atoms with Crippen molar-refractivity contribution in [1.82, 2.24) is 4.90 Å². The molecule has 3 fully saturated rings. The minimum absolute atomic E-state index is 0.0359. The third-order valence-corrected chi connectivity index (χ3v) is 14.9. The first kappa shape index (κ1) is 54.8. The summed E-state index contributed by atoms with van der Waals surface area (Å²) in [5, 5.41) is 57.2. The summed E-state index contributed by atoms with van der Waals surface area (Å²) in [6.45, 7) is 13.2. The predicted octanol–water partition coefficient (Wildman–Crippen LogP) is 5.76. The Morgan fingerprint density at radius 2 is 1.54 bits per heavy atom. The van der Waals surface area contributed by atoms with Crippen LogP contribution in [0.2, 0.25) is 0 Å². The zero-order chi connectivity index (χ0) is 48.2. The van der Waals surface area contributed by atoms with Gasteiger partial charge >= 0.3 is 5.97 Å². The van der Waals surface area contributed by atoms with Gasteiger partial charge in [0.1, 0.15) is 24.4 Å². The second-order valence-electron chi connectivity index (χ2n) is 20.0. The van der Waals surface area contributed by atoms with Crippen molar-refractivity contribution in [2.75, 3.05) is 27.9 Å². The first-order chi connectivity index (χ1) is 30.7. The number of fused-ring (bicyclic) bond motifs is 3. The van der Waals surface area contributed by atoms with E-state index in [4.69, 9.17) is 23.7 Å². The second-order valence-corrected chi connectivity index (χ2v) is 20.0. The lowest BCUT2D eigenvalue weighted by Gasteiger charge is -2.43. The SMILES string of the molecule is CO[C@H]1[C@@H](O)[C@H](C)C[C@H](C)C=CC=CC=C(C)[C@@H](OC)C[C@@H]2CC[C@@H](C)[C@@](O)(O2)C(=O)C(=O)N2CCCC[C@H]2C(=O)OC([C@H](C)CC2CC[C@@H](O)[C@H](OC)C2)C[C@H](O)[C@H](C)C=C(C)[C@H]1O. The van der Waals surface area contributed by atoms with Crippen molar-refractivity contribution in [3.8, 4) is 0 Å². The van der Waals surface area contributed by atoms with Crippen LogP contribution in [0.4, 0.5) is 0 Å². The maximum absolute atomic E-state index is 14.4. The van der Waals surface area contributed by atoms with Crippen LogP contribution in [-0.2, 0) is 38.1 Å². The molecule has 2 bridgehead atoms. The van der Waals surface area contributed by atoms with E-state index in [1.165, 1.54) is 12.0 Å². The number of amides is 1. The van der Waals surface area contributed by atoms with E-state index in [-0.39, 0.29) is 49.2 Å². The van der Waals surface area contributed by atoms with E-state index >= 15 is 0 Å². The van der Waals surface area contributed by atoms with Crippen LogP contribution in [0.25, 0.3) is 0 Å². The summed E-state index contributed by atoms with van der Waals surface area (Å²) in [7, 11) is 4.63. The second kappa shape index (κ2) is 25.5. The summed E-state index contributed by atoms with van der Waals surface area (Å²) in [5.41, 5.74) is 1.41. The first-order valence-corrected chi connectivity index (χ1v) is 24.2. The van der Waals surface area contributed by atoms with E-state index in [9.17, 15) is 39.9 Å². The van der Waals surface area contributed by atoms with Gasteiger partial charge in [-0.3, -0.25) is 9.59 Å². The van der Waals surface area contributed by atoms with Gasteiger partial charge in [0.05, 0.1) is 36.6 Å². The highest BCUT2D eigenvalue weighted by atomic mass is 16.6. The van der Waals surface area contributed by atoms with Crippen LogP contribution in [0.5, 0.6) is 0 Å². The Kier molecular flexibility index (Phi) is 21.5. The molecule has 65 heavy (non-hydrogen) atoms. The lowest BCUT2D eigenvalue weighted by molar-refractivity contribution is -0.265. The Balaban J connectivity index is 1.70. The fraction of sp³-hybridized carbons (Fsp3) is 0.784. The highest BCUT2D eigenvalue weighted by molar-refractivity contribution is 6.39. The number of esters is 1. The maximum atomic E-state index is 14.4. The predicted molar refractivity (Wildman–Crippen MR) is 247 cm³/mol. The number of cyclic esters (lactones) is 1. The van der Waals surface area contributed by atoms with Crippen molar-refractivity contribution in [3.63, 3.8) is 0 Å². The summed E-state index contributed by atoms with van der Waals surface area (Å²) < 4.78 is 29.6. The fourth-order valence-corrected chi connectivity index (χ4v) is 10.4. The minimum Gasteiger partial charge on any atom is -0.460 e. The third kappa shape index (κ3) is 14.6. The molecule has 3 heterocycles. The number of hydrogen-bond donors (Lipinski definition) is 5. The van der Waals surface area contributed by atoms with Crippen LogP contribution >= 0.6 is 0 Å². The number of ether oxygens (including phenoxy) is 5. The first-order valence-electron chi connectivity index (χ1n) is 24.2. The van der Waals surface area contributed by atoms with Gasteiger partial charge in [0.25, 0.3) is 11.7 Å². The highest BCUT2D eigenvalue weighted by Crippen LogP contribution is 2.38. The van der Waals surface area contributed by atoms with E-state index in [0.29, 0.717) is 63.4 Å². The Labute approximate surface area is 388 Å². The lowest BCUT2D eigenvalue weighted by atomic mass is 9.78. The average molecular weight is 918 g/mol. The summed E-state index contributed by atoms with van der Waals surface area (Å²) in [4.78, 5) is 44.1. The van der Waals surface area contributed by atoms with Crippen LogP contribution in [0.1, 0.15) is 126 Å². The van der Waals surface area contributed by atoms with Crippen LogP contribution in [0.15, 0.2) is 47.6 Å². The van der Waals surface area contributed by atoms with Crippen molar-refractivity contribution < 1.29 is 63.6 Å². The van der Waals surface area contributed by atoms with Crippen LogP contribution < -0.4 is 0 Å². The largest absolute Gasteiger partial charge is 0.460 e. The van der Waals surface area contributed by atoms with Crippen molar-refractivity contribution >= 4 is 17.7 Å². The maximum Gasteiger partial charge on any atom is 0.329 e. The van der Waals surface area contributed by atoms with Gasteiger partial charge in [0.2, 0.25) is 5.79 Å². The van der Waals surface area contributed by atoms with Crippen molar-refractivity contribution in [3.05, 3.63) is 47.6 Å². The van der Waals surface area contributed by atoms with Crippen molar-refractivity contribution in [2.45, 2.75) is 192 Å². The Morgan fingerprint density at radius 1 is 0.815 bits per heavy atom. The molecule has 0 radical (unpaired) electrons. The molecule has 4 rings (SSSR count). The lowest BCUT2D eigenvalue weighted by Crippen LogP contribution is -2.61. The number of Topliss-reactive ketones (excluding diaryl/α,β-unsaturated/α-hetero) is 1. The van der Waals surface area contributed by atoms with E-state index in [0.717, 1.165) is 12.0 Å². The third-order valence-electron chi connectivity index (χ3n) is 14.9. The molecule has 0 aromatic heterocycles. The molecule has 3 aliphatic heterocycles. The number of carbonyl (C=O) groups excluding carboxylic acids is 3. The summed E-state index contributed by atoms with van der Waals surface area (Å²) in [6.07, 6.45) is 10.6. The zero-order valence-corrected chi connectivity index (χ0v) is 40.8. The van der Waals surface area contributed by atoms with Gasteiger partial charge in [-0.05, 0) is 113 Å². The molecule has 0 aromatic carbocycles. The molecular formula is C51H83NO13. The molecule has 1 saturated carbocycles. The van der Waals surface area contributed by atoms with Crippen LogP contribution in [0, 0.1) is 35.5 Å². The van der Waals surface area contributed by atoms with Crippen molar-refractivity contribution in [1.29, 1.82) is 0 Å². The number of piperidine rings is 1. The van der Waals surface area contributed by atoms with Crippen LogP contribution in [-0.4, -0.2) is 143 Å². The smallest absolute Gasteiger partial charge is 0.329 e. The Morgan fingerprint density at radius 3 is 2.22 bits per heavy atom. The molecule has 370 valence electrons. The van der Waals surface area contributed by atoms with Gasteiger partial charge in [0.15, 0.2) is 0 Å². The molecule has 1 aliphatic carbocycles. The summed E-state index contributed by atoms with van der Waals surface area (Å²) in [6, 6.07) is -1.10. The van der Waals surface area contributed by atoms with Gasteiger partial charge in [-0.1, -0.05) is 71.1 Å². The average Bonchev–Trinajstić information content (AvgIpc) is 3.28. The summed E-state index contributed by atoms with van der Waals surface area (Å²) >= 11 is 0. The molecule has 17 atom stereocenters. The molecule has 1 amide bonds. The Bertz CT molecular complexity index is 1660. The molecule has 0 aromatic rings. The number of aliphatic hydroxyl groups is 5. The number of nitrogens with zero attached hydrogens (tertiary/aromatic N) is 1. The number of rotatable bonds is 6. The zero-order valence-electron chi connectivity index (χ0n) is 40.8. The molecule has 4 aliphatic rings. The van der Waals surface area contributed by atoms with E-state index < -0.39 is 90.2 Å². The molecule has 0 spiro atoms. The quantitative estimate of drug-likeness (QED) is 0.122. The van der Waals surface area contributed by atoms with E-state index in [1.807, 2.05) is 58.1 Å². The van der Waals surface area contributed by atoms with Crippen molar-refractivity contribution in [2.24, 2.45) is 35.5 Å². The Hall–Kier alpha value is -2.79. The number of methoxy groups -OCH3 is 3. The number of ketones is 1. The monoisotopic (exact) mass is 918 g/mol. The number of aliphatic hydroxyl groups excluding tert-OH is 4. The van der Waals surface area contributed by atoms with E-state index in [2.05, 4.69) is 6.92 Å². The van der Waals surface area contributed by atoms with Gasteiger partial charge in [-0.15, -0.1) is 0 Å². The normalized spacial score (nSPS) is 40.1. The standard InChI is InChI=1S/C51H83NO13/c1-30-16-12-11-13-17-31(2)42(61-8)28-38-21-19-36(7)51(60,65-38)48(57)49(58)52-23-15-14-18-39(52)50(59)64-43(33(4)26-37-20-22-40(53)44(27-37)62-9)29-41(54)32(3)25-35(6)46(56)47(63-10)45(55)34(5)24-30/h11-13,16-17,25,30,32-34,36-47,53-56,60H,14-15,18-24,26-29H2,1-10H3/t30-,32-,33-,34-,36-,37?,38+,39+,40-,41+,42+,43?,44-,45+,46-,47+,51-/m1/s1. The number of carbonyl (C=O) groups is 3. The van der Waals surface area contributed by atoms with Gasteiger partial charge in [-0.25, -0.2) is 4.79 Å². The molecule has 14 nitrogen and oxygen atoms in total. The van der Waals surface area contributed by atoms with Gasteiger partial charge in [-0.2, -0.15) is 0 Å². The van der Waals surface area contributed by atoms with Gasteiger partial charge in [0, 0.05) is 52.6 Å². The highest BCUT2D eigenvalue weighted by Gasteiger charge is 2.53. The summed E-state index contributed by atoms with van der Waals surface area (Å²) in [5.74, 6) is -6.69. The fourth-order valence-electron chi connectivity index (χ4n) is 10.4. The minimum atomic E-state index is -2.41. The van der Waals surface area contributed by atoms with Gasteiger partial charge < -0.3 is 54.1 Å². The molecule has 14 heteroatoms.